The Kier molecular flexibility index (Phi) is 8.36. The van der Waals surface area contributed by atoms with E-state index in [2.05, 4.69) is 0 Å². The third-order valence-electron chi connectivity index (χ3n) is 1.82. The van der Waals surface area contributed by atoms with E-state index >= 15 is 0 Å². The Morgan fingerprint density at radius 2 is 1.94 bits per heavy atom. The molecule has 96 valence electrons. The number of rotatable bonds is 5. The van der Waals surface area contributed by atoms with Gasteiger partial charge in [-0.05, 0) is 6.42 Å². The van der Waals surface area contributed by atoms with E-state index < -0.39 is 21.8 Å². The lowest BCUT2D eigenvalue weighted by atomic mass is 10.1. The SMILES string of the molecule is C1COCO1.CCCC(C=O)CS(=O)(=O)O. The topological polar surface area (TPSA) is 89.9 Å². The van der Waals surface area contributed by atoms with E-state index in [1.807, 2.05) is 6.92 Å². The van der Waals surface area contributed by atoms with Crippen molar-refractivity contribution in [1.29, 1.82) is 0 Å². The lowest BCUT2D eigenvalue weighted by molar-refractivity contribution is -0.110. The summed E-state index contributed by atoms with van der Waals surface area (Å²) in [5.74, 6) is -1.01. The number of aldehydes is 1. The summed E-state index contributed by atoms with van der Waals surface area (Å²) < 4.78 is 38.3. The summed E-state index contributed by atoms with van der Waals surface area (Å²) in [7, 11) is -3.99. The van der Waals surface area contributed by atoms with E-state index in [1.165, 1.54) is 0 Å². The molecule has 1 unspecified atom stereocenters. The van der Waals surface area contributed by atoms with Crippen LogP contribution in [0.2, 0.25) is 0 Å². The first-order valence-corrected chi connectivity index (χ1v) is 6.66. The van der Waals surface area contributed by atoms with E-state index in [9.17, 15) is 13.2 Å². The van der Waals surface area contributed by atoms with Crippen LogP contribution in [0.3, 0.4) is 0 Å². The Balaban J connectivity index is 0.000000368. The molecule has 1 fully saturated rings. The maximum atomic E-state index is 10.3. The van der Waals surface area contributed by atoms with Crippen LogP contribution < -0.4 is 0 Å². The number of carbonyl (C=O) groups excluding carboxylic acids is 1. The van der Waals surface area contributed by atoms with Gasteiger partial charge in [0.15, 0.2) is 0 Å². The Morgan fingerprint density at radius 3 is 2.19 bits per heavy atom. The molecule has 0 saturated carbocycles. The lowest BCUT2D eigenvalue weighted by Gasteiger charge is -2.04. The Bertz CT molecular complexity index is 262. The summed E-state index contributed by atoms with van der Waals surface area (Å²) in [5.41, 5.74) is 0. The molecule has 1 rings (SSSR count). The quantitative estimate of drug-likeness (QED) is 0.567. The van der Waals surface area contributed by atoms with Gasteiger partial charge in [0, 0.05) is 5.92 Å². The molecule has 16 heavy (non-hydrogen) atoms. The van der Waals surface area contributed by atoms with Gasteiger partial charge in [-0.1, -0.05) is 13.3 Å². The fourth-order valence-corrected chi connectivity index (χ4v) is 1.91. The van der Waals surface area contributed by atoms with Crippen molar-refractivity contribution in [3.8, 4) is 0 Å². The molecular weight excluding hydrogens is 236 g/mol. The van der Waals surface area contributed by atoms with Crippen molar-refractivity contribution in [2.75, 3.05) is 25.8 Å². The van der Waals surface area contributed by atoms with Crippen molar-refractivity contribution in [3.05, 3.63) is 0 Å². The van der Waals surface area contributed by atoms with Gasteiger partial charge in [0.05, 0.1) is 19.0 Å². The van der Waals surface area contributed by atoms with Crippen LogP contribution in [0, 0.1) is 5.92 Å². The maximum absolute atomic E-state index is 10.3. The van der Waals surface area contributed by atoms with Crippen LogP contribution in [-0.4, -0.2) is 45.0 Å². The van der Waals surface area contributed by atoms with Gasteiger partial charge in [0.1, 0.15) is 13.1 Å². The molecule has 0 amide bonds. The molecule has 1 saturated heterocycles. The average Bonchev–Trinajstić information content (AvgIpc) is 2.73. The summed E-state index contributed by atoms with van der Waals surface area (Å²) in [4.78, 5) is 10.2. The Morgan fingerprint density at radius 1 is 1.38 bits per heavy atom. The highest BCUT2D eigenvalue weighted by Gasteiger charge is 2.14. The molecule has 1 aliphatic rings. The summed E-state index contributed by atoms with van der Waals surface area (Å²) in [6.45, 7) is 3.90. The minimum absolute atomic E-state index is 0.454. The fourth-order valence-electron chi connectivity index (χ4n) is 1.13. The van der Waals surface area contributed by atoms with Crippen LogP contribution in [-0.2, 0) is 24.4 Å². The minimum atomic E-state index is -3.99. The minimum Gasteiger partial charge on any atom is -0.353 e. The predicted octanol–water partition coefficient (Wildman–Crippen LogP) is 0.480. The van der Waals surface area contributed by atoms with Crippen LogP contribution in [0.1, 0.15) is 19.8 Å². The van der Waals surface area contributed by atoms with Gasteiger partial charge in [0.25, 0.3) is 10.1 Å². The van der Waals surface area contributed by atoms with Crippen LogP contribution in [0.25, 0.3) is 0 Å². The predicted molar refractivity (Wildman–Crippen MR) is 57.6 cm³/mol. The van der Waals surface area contributed by atoms with E-state index in [0.29, 0.717) is 19.5 Å². The van der Waals surface area contributed by atoms with Crippen molar-refractivity contribution in [3.63, 3.8) is 0 Å². The normalized spacial score (nSPS) is 17.4. The van der Waals surface area contributed by atoms with Gasteiger partial charge in [-0.25, -0.2) is 0 Å². The molecule has 0 bridgehead atoms. The first kappa shape index (κ1) is 15.5. The zero-order valence-electron chi connectivity index (χ0n) is 9.29. The molecule has 1 atom stereocenters. The van der Waals surface area contributed by atoms with E-state index in [1.54, 1.807) is 0 Å². The van der Waals surface area contributed by atoms with Crippen LogP contribution in [0.15, 0.2) is 0 Å². The molecule has 7 heteroatoms. The maximum Gasteiger partial charge on any atom is 0.265 e. The van der Waals surface area contributed by atoms with Gasteiger partial charge in [-0.15, -0.1) is 0 Å². The first-order valence-electron chi connectivity index (χ1n) is 5.05. The Hall–Kier alpha value is -0.500. The summed E-state index contributed by atoms with van der Waals surface area (Å²) in [6, 6.07) is 0. The monoisotopic (exact) mass is 254 g/mol. The molecule has 0 aliphatic carbocycles. The van der Waals surface area contributed by atoms with Crippen LogP contribution >= 0.6 is 0 Å². The zero-order chi connectivity index (χ0) is 12.4. The third kappa shape index (κ3) is 10.0. The molecule has 1 N–H and O–H groups in total. The fraction of sp³-hybridized carbons (Fsp3) is 0.889. The lowest BCUT2D eigenvalue weighted by Crippen LogP contribution is -2.16. The second kappa shape index (κ2) is 8.63. The van der Waals surface area contributed by atoms with Gasteiger partial charge >= 0.3 is 0 Å². The van der Waals surface area contributed by atoms with E-state index in [4.69, 9.17) is 14.0 Å². The van der Waals surface area contributed by atoms with Crippen molar-refractivity contribution >= 4 is 16.4 Å². The molecule has 1 heterocycles. The largest absolute Gasteiger partial charge is 0.353 e. The van der Waals surface area contributed by atoms with Crippen molar-refractivity contribution in [2.45, 2.75) is 19.8 Å². The first-order chi connectivity index (χ1) is 7.49. The highest BCUT2D eigenvalue weighted by Crippen LogP contribution is 2.05. The molecule has 0 radical (unpaired) electrons. The van der Waals surface area contributed by atoms with Gasteiger partial charge in [-0.3, -0.25) is 4.55 Å². The molecular formula is C9H18O6S. The summed E-state index contributed by atoms with van der Waals surface area (Å²) in [6.07, 6.45) is 1.81. The summed E-state index contributed by atoms with van der Waals surface area (Å²) in [5, 5.41) is 0. The Labute approximate surface area is 95.7 Å². The number of hydrogen-bond donors (Lipinski definition) is 1. The highest BCUT2D eigenvalue weighted by molar-refractivity contribution is 7.85. The standard InChI is InChI=1S/C6H12O4S.C3H6O2/c1-2-3-6(4-7)5-11(8,9)10;1-2-5-3-4-1/h4,6H,2-3,5H2,1H3,(H,8,9,10);1-3H2. The third-order valence-corrected chi connectivity index (χ3v) is 2.66. The molecule has 0 aromatic heterocycles. The molecule has 0 aromatic carbocycles. The molecule has 6 nitrogen and oxygen atoms in total. The van der Waals surface area contributed by atoms with Gasteiger partial charge in [0.2, 0.25) is 0 Å². The molecule has 0 aromatic rings. The second-order valence-electron chi connectivity index (χ2n) is 3.37. The molecule has 1 aliphatic heterocycles. The smallest absolute Gasteiger partial charge is 0.265 e. The van der Waals surface area contributed by atoms with E-state index in [-0.39, 0.29) is 0 Å². The molecule has 0 spiro atoms. The average molecular weight is 254 g/mol. The number of hydrogen-bond acceptors (Lipinski definition) is 5. The zero-order valence-corrected chi connectivity index (χ0v) is 10.1. The van der Waals surface area contributed by atoms with Gasteiger partial charge in [-0.2, -0.15) is 8.42 Å². The van der Waals surface area contributed by atoms with Crippen molar-refractivity contribution < 1.29 is 27.2 Å². The van der Waals surface area contributed by atoms with Crippen LogP contribution in [0.5, 0.6) is 0 Å². The van der Waals surface area contributed by atoms with Gasteiger partial charge < -0.3 is 14.3 Å². The van der Waals surface area contributed by atoms with Crippen molar-refractivity contribution in [1.82, 2.24) is 0 Å². The summed E-state index contributed by atoms with van der Waals surface area (Å²) >= 11 is 0. The second-order valence-corrected chi connectivity index (χ2v) is 4.86. The van der Waals surface area contributed by atoms with Crippen LogP contribution in [0.4, 0.5) is 0 Å². The van der Waals surface area contributed by atoms with E-state index in [0.717, 1.165) is 19.6 Å². The van der Waals surface area contributed by atoms with Crippen molar-refractivity contribution in [2.24, 2.45) is 5.92 Å². The number of ether oxygens (including phenoxy) is 2. The number of carbonyl (C=O) groups is 1. The highest BCUT2D eigenvalue weighted by atomic mass is 32.2.